The van der Waals surface area contributed by atoms with Gasteiger partial charge in [-0.1, -0.05) is 19.8 Å². The lowest BCUT2D eigenvalue weighted by Crippen LogP contribution is -2.27. The zero-order chi connectivity index (χ0) is 13.9. The van der Waals surface area contributed by atoms with Crippen LogP contribution in [0.25, 0.3) is 0 Å². The highest BCUT2D eigenvalue weighted by Crippen LogP contribution is 2.34. The van der Waals surface area contributed by atoms with Crippen molar-refractivity contribution in [2.24, 2.45) is 5.92 Å². The van der Waals surface area contributed by atoms with E-state index in [2.05, 4.69) is 35.0 Å². The van der Waals surface area contributed by atoms with Gasteiger partial charge in [0.2, 0.25) is 5.95 Å². The van der Waals surface area contributed by atoms with Crippen LogP contribution in [0.1, 0.15) is 50.8 Å². The lowest BCUT2D eigenvalue weighted by molar-refractivity contribution is 0.511. The second kappa shape index (κ2) is 6.17. The minimum Gasteiger partial charge on any atom is -0.342 e. The largest absolute Gasteiger partial charge is 0.342 e. The highest BCUT2D eigenvalue weighted by Gasteiger charge is 2.28. The van der Waals surface area contributed by atoms with Crippen LogP contribution in [0, 0.1) is 5.92 Å². The molecule has 0 amide bonds. The maximum atomic E-state index is 4.92. The van der Waals surface area contributed by atoms with Crippen LogP contribution in [-0.4, -0.2) is 36.2 Å². The van der Waals surface area contributed by atoms with Gasteiger partial charge in [0, 0.05) is 25.3 Å². The Balaban J connectivity index is 1.79. The van der Waals surface area contributed by atoms with Gasteiger partial charge in [0.1, 0.15) is 0 Å². The first-order chi connectivity index (χ1) is 9.81. The number of anilines is 1. The van der Waals surface area contributed by atoms with Gasteiger partial charge in [0.25, 0.3) is 0 Å². The fourth-order valence-electron chi connectivity index (χ4n) is 3.76. The maximum Gasteiger partial charge on any atom is 0.205 e. The van der Waals surface area contributed by atoms with Gasteiger partial charge in [-0.25, -0.2) is 4.98 Å². The Morgan fingerprint density at radius 3 is 2.80 bits per heavy atom. The van der Waals surface area contributed by atoms with Gasteiger partial charge in [-0.15, -0.1) is 0 Å². The van der Waals surface area contributed by atoms with Crippen molar-refractivity contribution in [1.29, 1.82) is 0 Å². The van der Waals surface area contributed by atoms with Crippen molar-refractivity contribution in [3.8, 4) is 0 Å². The predicted octanol–water partition coefficient (Wildman–Crippen LogP) is 2.61. The van der Waals surface area contributed by atoms with Gasteiger partial charge in [-0.3, -0.25) is 0 Å². The third kappa shape index (κ3) is 2.71. The third-order valence-electron chi connectivity index (χ3n) is 4.90. The Bertz CT molecular complexity index is 434. The Morgan fingerprint density at radius 1 is 1.30 bits per heavy atom. The first-order valence-electron chi connectivity index (χ1n) is 8.29. The van der Waals surface area contributed by atoms with Crippen molar-refractivity contribution in [2.75, 3.05) is 31.6 Å². The summed E-state index contributed by atoms with van der Waals surface area (Å²) >= 11 is 0. The zero-order valence-corrected chi connectivity index (χ0v) is 12.9. The molecule has 0 aromatic carbocycles. The monoisotopic (exact) mass is 276 g/mol. The molecule has 0 bridgehead atoms. The molecular weight excluding hydrogens is 248 g/mol. The Labute approximate surface area is 122 Å². The van der Waals surface area contributed by atoms with Crippen molar-refractivity contribution >= 4 is 5.95 Å². The molecule has 2 heterocycles. The molecule has 1 unspecified atom stereocenters. The number of imidazole rings is 1. The average Bonchev–Trinajstić information content (AvgIpc) is 3.18. The average molecular weight is 276 g/mol. The molecule has 4 nitrogen and oxygen atoms in total. The van der Waals surface area contributed by atoms with E-state index in [1.54, 1.807) is 0 Å². The molecule has 1 aromatic rings. The Kier molecular flexibility index (Phi) is 4.29. The lowest BCUT2D eigenvalue weighted by Gasteiger charge is -2.22. The molecular formula is C16H28N4. The van der Waals surface area contributed by atoms with Crippen LogP contribution in [0.4, 0.5) is 5.95 Å². The first-order valence-corrected chi connectivity index (χ1v) is 8.29. The normalized spacial score (nSPS) is 23.9. The summed E-state index contributed by atoms with van der Waals surface area (Å²) in [4.78, 5) is 7.43. The summed E-state index contributed by atoms with van der Waals surface area (Å²) in [6.45, 7) is 5.66. The van der Waals surface area contributed by atoms with Crippen molar-refractivity contribution < 1.29 is 0 Å². The summed E-state index contributed by atoms with van der Waals surface area (Å²) in [6.07, 6.45) is 10.1. The summed E-state index contributed by atoms with van der Waals surface area (Å²) in [5.41, 5.74) is 1.25. The number of hydrogen-bond donors (Lipinski definition) is 1. The summed E-state index contributed by atoms with van der Waals surface area (Å²) in [6, 6.07) is 0.696. The van der Waals surface area contributed by atoms with Crippen LogP contribution in [-0.2, 0) is 6.42 Å². The number of nitrogens with zero attached hydrogens (tertiary/aromatic N) is 3. The Morgan fingerprint density at radius 2 is 2.10 bits per heavy atom. The molecule has 0 spiro atoms. The maximum absolute atomic E-state index is 4.92. The van der Waals surface area contributed by atoms with E-state index < -0.39 is 0 Å². The molecule has 4 heteroatoms. The van der Waals surface area contributed by atoms with E-state index in [4.69, 9.17) is 4.98 Å². The molecule has 1 saturated carbocycles. The van der Waals surface area contributed by atoms with Gasteiger partial charge in [0.05, 0.1) is 5.69 Å². The third-order valence-corrected chi connectivity index (χ3v) is 4.90. The van der Waals surface area contributed by atoms with E-state index in [1.807, 2.05) is 0 Å². The SMILES string of the molecule is CCc1cn(C2CCCC2)c(N2CCC(CNC)C2)n1. The van der Waals surface area contributed by atoms with Crippen LogP contribution in [0.5, 0.6) is 0 Å². The molecule has 1 saturated heterocycles. The van der Waals surface area contributed by atoms with Crippen molar-refractivity contribution in [3.05, 3.63) is 11.9 Å². The fourth-order valence-corrected chi connectivity index (χ4v) is 3.76. The molecule has 0 radical (unpaired) electrons. The number of nitrogens with one attached hydrogen (secondary N) is 1. The second-order valence-corrected chi connectivity index (χ2v) is 6.39. The molecule has 112 valence electrons. The van der Waals surface area contributed by atoms with Crippen LogP contribution in [0.15, 0.2) is 6.20 Å². The summed E-state index contributed by atoms with van der Waals surface area (Å²) < 4.78 is 2.49. The molecule has 2 aliphatic rings. The number of aromatic nitrogens is 2. The minimum absolute atomic E-state index is 0.696. The second-order valence-electron chi connectivity index (χ2n) is 6.39. The number of aryl methyl sites for hydroxylation is 1. The van der Waals surface area contributed by atoms with Gasteiger partial charge in [0.15, 0.2) is 0 Å². The van der Waals surface area contributed by atoms with Crippen molar-refractivity contribution in [3.63, 3.8) is 0 Å². The van der Waals surface area contributed by atoms with E-state index >= 15 is 0 Å². The van der Waals surface area contributed by atoms with Gasteiger partial charge >= 0.3 is 0 Å². The molecule has 1 atom stereocenters. The molecule has 2 fully saturated rings. The molecule has 1 aliphatic heterocycles. The van der Waals surface area contributed by atoms with Crippen LogP contribution in [0.2, 0.25) is 0 Å². The Hall–Kier alpha value is -1.03. The van der Waals surface area contributed by atoms with Crippen LogP contribution >= 0.6 is 0 Å². The number of rotatable bonds is 5. The molecule has 1 aromatic heterocycles. The molecule has 1 N–H and O–H groups in total. The van der Waals surface area contributed by atoms with Gasteiger partial charge in [-0.2, -0.15) is 0 Å². The zero-order valence-electron chi connectivity index (χ0n) is 12.9. The topological polar surface area (TPSA) is 33.1 Å². The molecule has 3 rings (SSSR count). The quantitative estimate of drug-likeness (QED) is 0.897. The fraction of sp³-hybridized carbons (Fsp3) is 0.812. The smallest absolute Gasteiger partial charge is 0.205 e. The van der Waals surface area contributed by atoms with Crippen molar-refractivity contribution in [2.45, 2.75) is 51.5 Å². The lowest BCUT2D eigenvalue weighted by atomic mass is 10.1. The minimum atomic E-state index is 0.696. The van der Waals surface area contributed by atoms with Gasteiger partial charge < -0.3 is 14.8 Å². The standard InChI is InChI=1S/C16H28N4/c1-3-14-12-20(15-6-4-5-7-15)16(18-14)19-9-8-13(11-19)10-17-2/h12-13,15,17H,3-11H2,1-2H3. The summed E-state index contributed by atoms with van der Waals surface area (Å²) in [5.74, 6) is 2.02. The van der Waals surface area contributed by atoms with E-state index in [0.29, 0.717) is 6.04 Å². The highest BCUT2D eigenvalue weighted by atomic mass is 15.3. The summed E-state index contributed by atoms with van der Waals surface area (Å²) in [7, 11) is 2.05. The van der Waals surface area contributed by atoms with Gasteiger partial charge in [-0.05, 0) is 45.2 Å². The van der Waals surface area contributed by atoms with E-state index in [0.717, 1.165) is 25.4 Å². The van der Waals surface area contributed by atoms with E-state index in [9.17, 15) is 0 Å². The predicted molar refractivity (Wildman–Crippen MR) is 83.4 cm³/mol. The highest BCUT2D eigenvalue weighted by molar-refractivity contribution is 5.36. The number of hydrogen-bond acceptors (Lipinski definition) is 3. The van der Waals surface area contributed by atoms with Crippen LogP contribution in [0.3, 0.4) is 0 Å². The van der Waals surface area contributed by atoms with E-state index in [1.165, 1.54) is 50.3 Å². The first kappa shape index (κ1) is 13.9. The van der Waals surface area contributed by atoms with E-state index in [-0.39, 0.29) is 0 Å². The van der Waals surface area contributed by atoms with Crippen LogP contribution < -0.4 is 10.2 Å². The molecule has 1 aliphatic carbocycles. The molecule has 20 heavy (non-hydrogen) atoms. The van der Waals surface area contributed by atoms with Crippen molar-refractivity contribution in [1.82, 2.24) is 14.9 Å². The summed E-state index contributed by atoms with van der Waals surface area (Å²) in [5, 5.41) is 3.31.